The molecule has 2 atom stereocenters. The highest BCUT2D eigenvalue weighted by Gasteiger charge is 2.30. The van der Waals surface area contributed by atoms with Gasteiger partial charge in [0.2, 0.25) is 5.91 Å². The van der Waals surface area contributed by atoms with Crippen molar-refractivity contribution < 1.29 is 24.2 Å². The number of carbonyl (C=O) groups is 3. The van der Waals surface area contributed by atoms with Crippen molar-refractivity contribution in [1.29, 1.82) is 0 Å². The number of carboxylic acids is 1. The molecule has 0 spiro atoms. The summed E-state index contributed by atoms with van der Waals surface area (Å²) in [6.45, 7) is 11.0. The van der Waals surface area contributed by atoms with E-state index in [4.69, 9.17) is 4.74 Å². The summed E-state index contributed by atoms with van der Waals surface area (Å²) in [5.74, 6) is -1.76. The van der Waals surface area contributed by atoms with Crippen LogP contribution in [0.25, 0.3) is 0 Å². The van der Waals surface area contributed by atoms with Crippen molar-refractivity contribution in [2.75, 3.05) is 0 Å². The van der Waals surface area contributed by atoms with Gasteiger partial charge >= 0.3 is 12.1 Å². The fraction of sp³-hybridized carbons (Fsp3) is 0.875. The highest BCUT2D eigenvalue weighted by molar-refractivity contribution is 5.89. The molecule has 0 saturated carbocycles. The largest absolute Gasteiger partial charge is 0.480 e. The van der Waals surface area contributed by atoms with Crippen LogP contribution >= 0.6 is 0 Å². The third-order valence-corrected chi connectivity index (χ3v) is 5.08. The number of carboxylic acid groups (broad SMARTS) is 1. The maximum Gasteiger partial charge on any atom is 0.408 e. The minimum atomic E-state index is -1.05. The van der Waals surface area contributed by atoms with Crippen molar-refractivity contribution >= 4 is 18.0 Å². The van der Waals surface area contributed by atoms with E-state index in [1.807, 2.05) is 0 Å². The van der Waals surface area contributed by atoms with E-state index in [9.17, 15) is 19.5 Å². The van der Waals surface area contributed by atoms with Gasteiger partial charge in [-0.1, -0.05) is 85.0 Å². The molecular formula is C24H46N2O5. The fourth-order valence-corrected chi connectivity index (χ4v) is 3.32. The van der Waals surface area contributed by atoms with Crippen LogP contribution in [0, 0.1) is 5.92 Å². The molecular weight excluding hydrogens is 396 g/mol. The summed E-state index contributed by atoms with van der Waals surface area (Å²) in [4.78, 5) is 36.3. The molecule has 7 nitrogen and oxygen atoms in total. The number of amides is 2. The highest BCUT2D eigenvalue weighted by atomic mass is 16.6. The average Bonchev–Trinajstić information content (AvgIpc) is 2.64. The quantitative estimate of drug-likeness (QED) is 0.277. The van der Waals surface area contributed by atoms with E-state index in [1.165, 1.54) is 44.9 Å². The lowest BCUT2D eigenvalue weighted by atomic mass is 10.0. The van der Waals surface area contributed by atoms with Gasteiger partial charge in [0.15, 0.2) is 0 Å². The Morgan fingerprint density at radius 2 is 1.32 bits per heavy atom. The molecule has 0 bridgehead atoms. The van der Waals surface area contributed by atoms with Gasteiger partial charge in [-0.15, -0.1) is 0 Å². The molecule has 0 aromatic rings. The lowest BCUT2D eigenvalue weighted by molar-refractivity contribution is -0.142. The minimum Gasteiger partial charge on any atom is -0.480 e. The predicted molar refractivity (Wildman–Crippen MR) is 124 cm³/mol. The van der Waals surface area contributed by atoms with Crippen LogP contribution in [0.15, 0.2) is 0 Å². The maximum atomic E-state index is 12.6. The van der Waals surface area contributed by atoms with E-state index in [0.717, 1.165) is 19.3 Å². The van der Waals surface area contributed by atoms with Crippen molar-refractivity contribution in [3.05, 3.63) is 0 Å². The Bertz CT molecular complexity index is 529. The molecule has 0 heterocycles. The number of alkyl carbamates (subject to hydrolysis) is 1. The topological polar surface area (TPSA) is 105 Å². The summed E-state index contributed by atoms with van der Waals surface area (Å²) < 4.78 is 5.21. The van der Waals surface area contributed by atoms with Gasteiger partial charge in [0, 0.05) is 0 Å². The first-order chi connectivity index (χ1) is 14.5. The van der Waals surface area contributed by atoms with Crippen molar-refractivity contribution in [2.24, 2.45) is 5.92 Å². The summed E-state index contributed by atoms with van der Waals surface area (Å²) in [6, 6.07) is -1.81. The van der Waals surface area contributed by atoms with Crippen molar-refractivity contribution in [3.63, 3.8) is 0 Å². The van der Waals surface area contributed by atoms with Gasteiger partial charge in [0.25, 0.3) is 0 Å². The molecule has 0 aliphatic heterocycles. The summed E-state index contributed by atoms with van der Waals surface area (Å²) in [5, 5.41) is 14.6. The van der Waals surface area contributed by atoms with Crippen LogP contribution in [0.3, 0.4) is 0 Å². The molecule has 182 valence electrons. The molecule has 0 aliphatic carbocycles. The average molecular weight is 443 g/mol. The molecule has 3 N–H and O–H groups in total. The van der Waals surface area contributed by atoms with Crippen LogP contribution in [-0.4, -0.2) is 40.8 Å². The number of carbonyl (C=O) groups excluding carboxylic acids is 2. The molecule has 31 heavy (non-hydrogen) atoms. The van der Waals surface area contributed by atoms with E-state index < -0.39 is 35.7 Å². The van der Waals surface area contributed by atoms with E-state index in [0.29, 0.717) is 6.42 Å². The lowest BCUT2D eigenvalue weighted by Crippen LogP contribution is -2.54. The van der Waals surface area contributed by atoms with Gasteiger partial charge in [-0.05, 0) is 33.1 Å². The molecule has 0 radical (unpaired) electrons. The number of rotatable bonds is 16. The van der Waals surface area contributed by atoms with Gasteiger partial charge in [0.1, 0.15) is 17.7 Å². The number of ether oxygens (including phenoxy) is 1. The maximum absolute atomic E-state index is 12.6. The van der Waals surface area contributed by atoms with Gasteiger partial charge < -0.3 is 20.5 Å². The van der Waals surface area contributed by atoms with Crippen LogP contribution < -0.4 is 10.6 Å². The van der Waals surface area contributed by atoms with Crippen LogP contribution in [-0.2, 0) is 14.3 Å². The van der Waals surface area contributed by atoms with Crippen LogP contribution in [0.5, 0.6) is 0 Å². The molecule has 0 unspecified atom stereocenters. The monoisotopic (exact) mass is 442 g/mol. The second-order valence-corrected chi connectivity index (χ2v) is 9.74. The lowest BCUT2D eigenvalue weighted by Gasteiger charge is -2.26. The van der Waals surface area contributed by atoms with E-state index in [-0.39, 0.29) is 5.92 Å². The number of aliphatic carboxylic acids is 1. The van der Waals surface area contributed by atoms with Crippen LogP contribution in [0.1, 0.15) is 112 Å². The van der Waals surface area contributed by atoms with Crippen molar-refractivity contribution in [2.45, 2.75) is 130 Å². The molecule has 0 aromatic heterocycles. The first-order valence-electron chi connectivity index (χ1n) is 12.0. The first-order valence-corrected chi connectivity index (χ1v) is 12.0. The van der Waals surface area contributed by atoms with Gasteiger partial charge in [-0.3, -0.25) is 4.79 Å². The van der Waals surface area contributed by atoms with E-state index in [2.05, 4.69) is 17.6 Å². The minimum absolute atomic E-state index is 0.209. The SMILES string of the molecule is CCCCCCCCCCCC[C@H](NC(=O)[C@@H](NC(=O)OC(C)(C)C)C(C)C)C(=O)O. The van der Waals surface area contributed by atoms with Crippen LogP contribution in [0.2, 0.25) is 0 Å². The number of nitrogens with one attached hydrogen (secondary N) is 2. The molecule has 0 saturated heterocycles. The van der Waals surface area contributed by atoms with E-state index >= 15 is 0 Å². The third kappa shape index (κ3) is 15.6. The van der Waals surface area contributed by atoms with Gasteiger partial charge in [0.05, 0.1) is 0 Å². The Kier molecular flexibility index (Phi) is 15.0. The Labute approximate surface area is 189 Å². The molecule has 0 fully saturated rings. The van der Waals surface area contributed by atoms with Crippen molar-refractivity contribution in [3.8, 4) is 0 Å². The summed E-state index contributed by atoms with van der Waals surface area (Å²) in [7, 11) is 0. The molecule has 2 amide bonds. The Balaban J connectivity index is 4.39. The summed E-state index contributed by atoms with van der Waals surface area (Å²) >= 11 is 0. The Hall–Kier alpha value is -1.79. The Morgan fingerprint density at radius 3 is 1.74 bits per heavy atom. The number of hydrogen-bond acceptors (Lipinski definition) is 4. The number of unbranched alkanes of at least 4 members (excludes halogenated alkanes) is 9. The van der Waals surface area contributed by atoms with Gasteiger partial charge in [-0.2, -0.15) is 0 Å². The highest BCUT2D eigenvalue weighted by Crippen LogP contribution is 2.13. The molecule has 0 aliphatic rings. The first kappa shape index (κ1) is 29.2. The summed E-state index contributed by atoms with van der Waals surface area (Å²) in [6.07, 6.45) is 11.4. The van der Waals surface area contributed by atoms with Gasteiger partial charge in [-0.25, -0.2) is 9.59 Å². The fourth-order valence-electron chi connectivity index (χ4n) is 3.32. The zero-order valence-corrected chi connectivity index (χ0v) is 20.6. The number of hydrogen-bond donors (Lipinski definition) is 3. The smallest absolute Gasteiger partial charge is 0.408 e. The summed E-state index contributed by atoms with van der Waals surface area (Å²) in [5.41, 5.74) is -0.679. The zero-order valence-electron chi connectivity index (χ0n) is 20.6. The molecule has 0 aromatic carbocycles. The molecule has 7 heteroatoms. The predicted octanol–water partition coefficient (Wildman–Crippen LogP) is 5.42. The second kappa shape index (κ2) is 15.9. The standard InChI is InChI=1S/C24H46N2O5/c1-7-8-9-10-11-12-13-14-15-16-17-19(22(28)29)25-21(27)20(18(2)3)26-23(30)31-24(4,5)6/h18-20H,7-17H2,1-6H3,(H,25,27)(H,26,30)(H,28,29)/t19-,20-/m0/s1. The normalized spacial score (nSPS) is 13.5. The zero-order chi connectivity index (χ0) is 23.9. The third-order valence-electron chi connectivity index (χ3n) is 5.08. The second-order valence-electron chi connectivity index (χ2n) is 9.74. The molecule has 0 rings (SSSR count). The van der Waals surface area contributed by atoms with E-state index in [1.54, 1.807) is 34.6 Å². The van der Waals surface area contributed by atoms with Crippen LogP contribution in [0.4, 0.5) is 4.79 Å². The Morgan fingerprint density at radius 1 is 0.839 bits per heavy atom. The van der Waals surface area contributed by atoms with Crippen molar-refractivity contribution in [1.82, 2.24) is 10.6 Å².